The maximum Gasteiger partial charge on any atom is 0.368 e. The number of hydrogen-bond donors (Lipinski definition) is 0. The summed E-state index contributed by atoms with van der Waals surface area (Å²) in [6, 6.07) is 3.65. The van der Waals surface area contributed by atoms with Crippen LogP contribution in [0.5, 0.6) is 5.75 Å². The standard InChI is InChI=1S/C13H12F4O2/c1-12(2)6-19-9-4-3-7(5-8(9)12)10(18)13(16,17)11(14)15/h3-5,11H,6H2,1-2H3. The monoisotopic (exact) mass is 276 g/mol. The average molecular weight is 276 g/mol. The fraction of sp³-hybridized carbons (Fsp3) is 0.462. The Morgan fingerprint density at radius 1 is 1.37 bits per heavy atom. The van der Waals surface area contributed by atoms with Crippen molar-refractivity contribution in [1.29, 1.82) is 0 Å². The Morgan fingerprint density at radius 3 is 2.58 bits per heavy atom. The second-order valence-electron chi connectivity index (χ2n) is 5.14. The zero-order valence-electron chi connectivity index (χ0n) is 10.3. The molecule has 0 bridgehead atoms. The number of rotatable bonds is 3. The Kier molecular flexibility index (Phi) is 3.07. The van der Waals surface area contributed by atoms with Gasteiger partial charge in [0.1, 0.15) is 5.75 Å². The molecule has 1 aromatic rings. The van der Waals surface area contributed by atoms with Crippen molar-refractivity contribution >= 4 is 5.78 Å². The van der Waals surface area contributed by atoms with E-state index in [2.05, 4.69) is 0 Å². The third-order valence-corrected chi connectivity index (χ3v) is 3.14. The SMILES string of the molecule is CC1(C)COc2ccc(C(=O)C(F)(F)C(F)F)cc21. The fourth-order valence-corrected chi connectivity index (χ4v) is 1.95. The van der Waals surface area contributed by atoms with E-state index in [0.717, 1.165) is 6.07 Å². The normalized spacial score (nSPS) is 17.2. The lowest BCUT2D eigenvalue weighted by molar-refractivity contribution is -0.0958. The number of carbonyl (C=O) groups is 1. The summed E-state index contributed by atoms with van der Waals surface area (Å²) in [6.45, 7) is 3.99. The molecule has 2 nitrogen and oxygen atoms in total. The molecule has 0 N–H and O–H groups in total. The minimum absolute atomic E-state index is 0.352. The van der Waals surface area contributed by atoms with Gasteiger partial charge < -0.3 is 4.74 Å². The maximum absolute atomic E-state index is 13.0. The van der Waals surface area contributed by atoms with Crippen molar-refractivity contribution in [3.8, 4) is 5.75 Å². The van der Waals surface area contributed by atoms with Gasteiger partial charge in [0.05, 0.1) is 6.61 Å². The second kappa shape index (κ2) is 4.21. The van der Waals surface area contributed by atoms with E-state index in [-0.39, 0.29) is 0 Å². The largest absolute Gasteiger partial charge is 0.492 e. The van der Waals surface area contributed by atoms with Gasteiger partial charge in [0, 0.05) is 16.5 Å². The molecular weight excluding hydrogens is 264 g/mol. The molecule has 0 saturated carbocycles. The highest BCUT2D eigenvalue weighted by Crippen LogP contribution is 2.39. The van der Waals surface area contributed by atoms with E-state index in [4.69, 9.17) is 4.74 Å². The third-order valence-electron chi connectivity index (χ3n) is 3.14. The topological polar surface area (TPSA) is 26.3 Å². The predicted octanol–water partition coefficient (Wildman–Crippen LogP) is 3.44. The van der Waals surface area contributed by atoms with Crippen molar-refractivity contribution in [2.45, 2.75) is 31.6 Å². The summed E-state index contributed by atoms with van der Waals surface area (Å²) >= 11 is 0. The molecule has 1 aliphatic heterocycles. The number of fused-ring (bicyclic) bond motifs is 1. The quantitative estimate of drug-likeness (QED) is 0.624. The van der Waals surface area contributed by atoms with Crippen LogP contribution in [-0.2, 0) is 5.41 Å². The molecular formula is C13H12F4O2. The van der Waals surface area contributed by atoms with Gasteiger partial charge in [-0.3, -0.25) is 4.79 Å². The summed E-state index contributed by atoms with van der Waals surface area (Å²) in [5.41, 5.74) is -0.294. The first-order valence-electron chi connectivity index (χ1n) is 5.64. The highest BCUT2D eigenvalue weighted by molar-refractivity contribution is 6.02. The molecule has 19 heavy (non-hydrogen) atoms. The van der Waals surface area contributed by atoms with E-state index in [1.807, 2.05) is 13.8 Å². The molecule has 0 unspecified atom stereocenters. The molecule has 0 aliphatic carbocycles. The van der Waals surface area contributed by atoms with Gasteiger partial charge >= 0.3 is 12.3 Å². The van der Waals surface area contributed by atoms with Crippen molar-refractivity contribution in [1.82, 2.24) is 0 Å². The molecule has 0 saturated heterocycles. The van der Waals surface area contributed by atoms with Crippen LogP contribution < -0.4 is 4.74 Å². The van der Waals surface area contributed by atoms with Gasteiger partial charge in [0.25, 0.3) is 0 Å². The summed E-state index contributed by atoms with van der Waals surface area (Å²) < 4.78 is 55.8. The zero-order chi connectivity index (χ0) is 14.4. The smallest absolute Gasteiger partial charge is 0.368 e. The lowest BCUT2D eigenvalue weighted by Crippen LogP contribution is -2.36. The van der Waals surface area contributed by atoms with E-state index in [9.17, 15) is 22.4 Å². The first-order valence-corrected chi connectivity index (χ1v) is 5.64. The minimum Gasteiger partial charge on any atom is -0.492 e. The Hall–Kier alpha value is -1.59. The van der Waals surface area contributed by atoms with Crippen LogP contribution in [0.15, 0.2) is 18.2 Å². The molecule has 0 spiro atoms. The Labute approximate surface area is 107 Å². The van der Waals surface area contributed by atoms with Crippen LogP contribution in [0.3, 0.4) is 0 Å². The van der Waals surface area contributed by atoms with E-state index in [1.54, 1.807) is 0 Å². The van der Waals surface area contributed by atoms with Crippen LogP contribution in [0.25, 0.3) is 0 Å². The third kappa shape index (κ3) is 2.19. The van der Waals surface area contributed by atoms with Crippen LogP contribution in [0.4, 0.5) is 17.6 Å². The number of benzene rings is 1. The van der Waals surface area contributed by atoms with Crippen LogP contribution in [0.2, 0.25) is 0 Å². The molecule has 0 atom stereocenters. The number of Topliss-reactive ketones (excluding diaryl/α,β-unsaturated/α-hetero) is 1. The molecule has 104 valence electrons. The minimum atomic E-state index is -4.67. The Morgan fingerprint density at radius 2 is 2.00 bits per heavy atom. The second-order valence-corrected chi connectivity index (χ2v) is 5.14. The Balaban J connectivity index is 2.42. The van der Waals surface area contributed by atoms with Crippen LogP contribution in [0.1, 0.15) is 29.8 Å². The fourth-order valence-electron chi connectivity index (χ4n) is 1.95. The molecule has 2 rings (SSSR count). The highest BCUT2D eigenvalue weighted by atomic mass is 19.3. The molecule has 1 aromatic carbocycles. The van der Waals surface area contributed by atoms with Crippen LogP contribution in [-0.4, -0.2) is 24.7 Å². The van der Waals surface area contributed by atoms with Gasteiger partial charge in [-0.1, -0.05) is 13.8 Å². The summed E-state index contributed by atoms with van der Waals surface area (Å²) in [5.74, 6) is -6.05. The number of ketones is 1. The van der Waals surface area contributed by atoms with Crippen molar-refractivity contribution < 1.29 is 27.1 Å². The van der Waals surface area contributed by atoms with Gasteiger partial charge in [0.2, 0.25) is 5.78 Å². The average Bonchev–Trinajstić information content (AvgIpc) is 2.64. The number of alkyl halides is 4. The van der Waals surface area contributed by atoms with Gasteiger partial charge in [-0.05, 0) is 18.2 Å². The van der Waals surface area contributed by atoms with Crippen LogP contribution in [0, 0.1) is 0 Å². The van der Waals surface area contributed by atoms with Gasteiger partial charge in [0.15, 0.2) is 0 Å². The number of hydrogen-bond acceptors (Lipinski definition) is 2. The molecule has 0 aromatic heterocycles. The summed E-state index contributed by atoms with van der Waals surface area (Å²) in [4.78, 5) is 11.4. The van der Waals surface area contributed by atoms with Gasteiger partial charge in [-0.15, -0.1) is 0 Å². The number of ether oxygens (including phenoxy) is 1. The van der Waals surface area contributed by atoms with E-state index in [1.165, 1.54) is 12.1 Å². The van der Waals surface area contributed by atoms with E-state index >= 15 is 0 Å². The summed E-state index contributed by atoms with van der Waals surface area (Å²) in [7, 11) is 0. The van der Waals surface area contributed by atoms with Crippen molar-refractivity contribution in [2.24, 2.45) is 0 Å². The van der Waals surface area contributed by atoms with Gasteiger partial charge in [-0.2, -0.15) is 8.78 Å². The molecule has 0 amide bonds. The van der Waals surface area contributed by atoms with Gasteiger partial charge in [-0.25, -0.2) is 8.78 Å². The van der Waals surface area contributed by atoms with Crippen molar-refractivity contribution in [2.75, 3.05) is 6.61 Å². The zero-order valence-corrected chi connectivity index (χ0v) is 10.3. The Bertz CT molecular complexity index is 523. The molecule has 0 fully saturated rings. The lowest BCUT2D eigenvalue weighted by atomic mass is 9.85. The van der Waals surface area contributed by atoms with E-state index in [0.29, 0.717) is 17.9 Å². The highest BCUT2D eigenvalue weighted by Gasteiger charge is 2.49. The van der Waals surface area contributed by atoms with E-state index < -0.39 is 29.1 Å². The first kappa shape index (κ1) is 13.8. The van der Waals surface area contributed by atoms with Crippen molar-refractivity contribution in [3.63, 3.8) is 0 Å². The lowest BCUT2D eigenvalue weighted by Gasteiger charge is -2.17. The number of carbonyl (C=O) groups excluding carboxylic acids is 1. The summed E-state index contributed by atoms with van der Waals surface area (Å²) in [5, 5.41) is 0. The molecule has 0 radical (unpaired) electrons. The predicted molar refractivity (Wildman–Crippen MR) is 60.2 cm³/mol. The van der Waals surface area contributed by atoms with Crippen LogP contribution >= 0.6 is 0 Å². The molecule has 1 aliphatic rings. The number of halogens is 4. The molecule has 1 heterocycles. The first-order chi connectivity index (χ1) is 8.66. The summed E-state index contributed by atoms with van der Waals surface area (Å²) in [6.07, 6.45) is -4.02. The van der Waals surface area contributed by atoms with Crippen molar-refractivity contribution in [3.05, 3.63) is 29.3 Å². The maximum atomic E-state index is 13.0. The molecule has 6 heteroatoms.